The summed E-state index contributed by atoms with van der Waals surface area (Å²) >= 11 is 0. The molecule has 94 valence electrons. The number of aromatic amines is 1. The summed E-state index contributed by atoms with van der Waals surface area (Å²) in [5.41, 5.74) is 2.97. The topological polar surface area (TPSA) is 41.6 Å². The Balaban J connectivity index is 1.78. The highest BCUT2D eigenvalue weighted by Gasteiger charge is 2.22. The predicted molar refractivity (Wildman–Crippen MR) is 71.6 cm³/mol. The maximum Gasteiger partial charge on any atom is 0.154 e. The number of nitrogens with one attached hydrogen (secondary N) is 1. The number of fused-ring (bicyclic) bond motifs is 1. The van der Waals surface area contributed by atoms with Crippen LogP contribution in [0.2, 0.25) is 0 Å². The van der Waals surface area contributed by atoms with E-state index in [2.05, 4.69) is 46.4 Å². The predicted octanol–water partition coefficient (Wildman–Crippen LogP) is 3.03. The molecule has 3 nitrogen and oxygen atoms in total. The molecule has 0 radical (unpaired) electrons. The molecule has 2 aromatic rings. The van der Waals surface area contributed by atoms with Crippen LogP contribution in [0, 0.1) is 0 Å². The van der Waals surface area contributed by atoms with E-state index in [-0.39, 0.29) is 0 Å². The number of benzene rings is 1. The minimum absolute atomic E-state index is 0.488. The van der Waals surface area contributed by atoms with Crippen molar-refractivity contribution in [1.82, 2.24) is 15.2 Å². The Morgan fingerprint density at radius 2 is 2.11 bits per heavy atom. The van der Waals surface area contributed by atoms with Crippen LogP contribution < -0.4 is 0 Å². The minimum atomic E-state index is 0.488. The van der Waals surface area contributed by atoms with E-state index in [0.29, 0.717) is 5.92 Å². The fraction of sp³-hybridized carbons (Fsp3) is 0.467. The standard InChI is InChI=1S/C15H19N3/c1-2-5-14-16-15(18-17-14)13-9-8-11-6-3-4-7-12(11)10-13/h3-4,6-7,13H,2,5,8-10H2,1H3,(H,16,17,18). The van der Waals surface area contributed by atoms with E-state index in [1.54, 1.807) is 0 Å². The summed E-state index contributed by atoms with van der Waals surface area (Å²) in [6, 6.07) is 8.74. The van der Waals surface area contributed by atoms with Gasteiger partial charge in [0.15, 0.2) is 5.82 Å². The minimum Gasteiger partial charge on any atom is -0.263 e. The first-order valence-electron chi connectivity index (χ1n) is 6.84. The SMILES string of the molecule is CCCc1nc(C2CCc3ccccc3C2)n[nH]1. The zero-order valence-corrected chi connectivity index (χ0v) is 10.8. The molecule has 1 aliphatic rings. The zero-order chi connectivity index (χ0) is 12.4. The molecule has 0 amide bonds. The Hall–Kier alpha value is -1.64. The second-order valence-electron chi connectivity index (χ2n) is 5.10. The largest absolute Gasteiger partial charge is 0.263 e. The molecule has 0 fully saturated rings. The van der Waals surface area contributed by atoms with Gasteiger partial charge in [-0.15, -0.1) is 0 Å². The van der Waals surface area contributed by atoms with Gasteiger partial charge in [0.05, 0.1) is 0 Å². The van der Waals surface area contributed by atoms with Crippen LogP contribution in [0.1, 0.15) is 48.5 Å². The average molecular weight is 241 g/mol. The summed E-state index contributed by atoms with van der Waals surface area (Å²) in [6.45, 7) is 2.17. The maximum atomic E-state index is 4.63. The fourth-order valence-electron chi connectivity index (χ4n) is 2.76. The van der Waals surface area contributed by atoms with Gasteiger partial charge in [-0.3, -0.25) is 5.10 Å². The van der Waals surface area contributed by atoms with Crippen LogP contribution in [0.3, 0.4) is 0 Å². The molecule has 0 saturated heterocycles. The average Bonchev–Trinajstić information content (AvgIpc) is 2.87. The third-order valence-electron chi connectivity index (χ3n) is 3.75. The van der Waals surface area contributed by atoms with Gasteiger partial charge >= 0.3 is 0 Å². The summed E-state index contributed by atoms with van der Waals surface area (Å²) in [6.07, 6.45) is 5.51. The van der Waals surface area contributed by atoms with Gasteiger partial charge in [0.2, 0.25) is 0 Å². The number of hydrogen-bond donors (Lipinski definition) is 1. The van der Waals surface area contributed by atoms with Crippen molar-refractivity contribution in [3.63, 3.8) is 0 Å². The highest BCUT2D eigenvalue weighted by atomic mass is 15.2. The molecule has 1 aliphatic carbocycles. The van der Waals surface area contributed by atoms with Gasteiger partial charge in [-0.1, -0.05) is 31.2 Å². The smallest absolute Gasteiger partial charge is 0.154 e. The summed E-state index contributed by atoms with van der Waals surface area (Å²) < 4.78 is 0. The van der Waals surface area contributed by atoms with E-state index >= 15 is 0 Å². The summed E-state index contributed by atoms with van der Waals surface area (Å²) in [7, 11) is 0. The Morgan fingerprint density at radius 1 is 1.28 bits per heavy atom. The van der Waals surface area contributed by atoms with Crippen LogP contribution in [0.4, 0.5) is 0 Å². The molecule has 0 bridgehead atoms. The molecule has 3 rings (SSSR count). The van der Waals surface area contributed by atoms with Gasteiger partial charge < -0.3 is 0 Å². The molecule has 1 heterocycles. The lowest BCUT2D eigenvalue weighted by Gasteiger charge is -2.22. The van der Waals surface area contributed by atoms with Crippen molar-refractivity contribution in [2.75, 3.05) is 0 Å². The second kappa shape index (κ2) is 4.92. The third-order valence-corrected chi connectivity index (χ3v) is 3.75. The van der Waals surface area contributed by atoms with E-state index in [1.165, 1.54) is 17.5 Å². The summed E-state index contributed by atoms with van der Waals surface area (Å²) in [5, 5.41) is 7.46. The van der Waals surface area contributed by atoms with E-state index in [9.17, 15) is 0 Å². The zero-order valence-electron chi connectivity index (χ0n) is 10.8. The van der Waals surface area contributed by atoms with Crippen LogP contribution in [-0.2, 0) is 19.3 Å². The molecule has 1 atom stereocenters. The number of nitrogens with zero attached hydrogens (tertiary/aromatic N) is 2. The van der Waals surface area contributed by atoms with Crippen molar-refractivity contribution in [3.8, 4) is 0 Å². The maximum absolute atomic E-state index is 4.63. The van der Waals surface area contributed by atoms with Crippen molar-refractivity contribution in [3.05, 3.63) is 47.0 Å². The first-order chi connectivity index (χ1) is 8.86. The van der Waals surface area contributed by atoms with E-state index in [1.807, 2.05) is 0 Å². The van der Waals surface area contributed by atoms with Crippen LogP contribution in [0.15, 0.2) is 24.3 Å². The molecular formula is C15H19N3. The Morgan fingerprint density at radius 3 is 2.94 bits per heavy atom. The molecule has 0 aliphatic heterocycles. The molecular weight excluding hydrogens is 222 g/mol. The molecule has 1 aromatic carbocycles. The molecule has 1 aromatic heterocycles. The molecule has 0 spiro atoms. The van der Waals surface area contributed by atoms with Gasteiger partial charge in [-0.05, 0) is 36.8 Å². The fourth-order valence-corrected chi connectivity index (χ4v) is 2.76. The second-order valence-corrected chi connectivity index (χ2v) is 5.10. The lowest BCUT2D eigenvalue weighted by Crippen LogP contribution is -2.13. The normalized spacial score (nSPS) is 18.6. The molecule has 1 unspecified atom stereocenters. The van der Waals surface area contributed by atoms with Crippen molar-refractivity contribution in [2.24, 2.45) is 0 Å². The van der Waals surface area contributed by atoms with Crippen molar-refractivity contribution >= 4 is 0 Å². The monoisotopic (exact) mass is 241 g/mol. The lowest BCUT2D eigenvalue weighted by molar-refractivity contribution is 0.556. The molecule has 1 N–H and O–H groups in total. The van der Waals surface area contributed by atoms with Crippen LogP contribution >= 0.6 is 0 Å². The Labute approximate surface area is 108 Å². The van der Waals surface area contributed by atoms with Crippen LogP contribution in [0.25, 0.3) is 0 Å². The van der Waals surface area contributed by atoms with Crippen molar-refractivity contribution < 1.29 is 0 Å². The van der Waals surface area contributed by atoms with Gasteiger partial charge in [-0.25, -0.2) is 4.98 Å². The number of aromatic nitrogens is 3. The van der Waals surface area contributed by atoms with Gasteiger partial charge in [0.1, 0.15) is 5.82 Å². The third kappa shape index (κ3) is 2.17. The Bertz CT molecular complexity index is 530. The number of aryl methyl sites for hydroxylation is 2. The summed E-state index contributed by atoms with van der Waals surface area (Å²) in [5.74, 6) is 2.53. The van der Waals surface area contributed by atoms with E-state index < -0.39 is 0 Å². The lowest BCUT2D eigenvalue weighted by atomic mass is 9.83. The van der Waals surface area contributed by atoms with Crippen molar-refractivity contribution in [1.29, 1.82) is 0 Å². The first kappa shape index (κ1) is 11.5. The Kier molecular flexibility index (Phi) is 3.13. The van der Waals surface area contributed by atoms with Crippen molar-refractivity contribution in [2.45, 2.75) is 44.9 Å². The number of rotatable bonds is 3. The summed E-state index contributed by atoms with van der Waals surface area (Å²) in [4.78, 5) is 4.63. The highest BCUT2D eigenvalue weighted by Crippen LogP contribution is 2.30. The number of H-pyrrole nitrogens is 1. The van der Waals surface area contributed by atoms with Gasteiger partial charge in [-0.2, -0.15) is 5.10 Å². The van der Waals surface area contributed by atoms with Crippen LogP contribution in [-0.4, -0.2) is 15.2 Å². The van der Waals surface area contributed by atoms with E-state index in [4.69, 9.17) is 0 Å². The highest BCUT2D eigenvalue weighted by molar-refractivity contribution is 5.31. The first-order valence-corrected chi connectivity index (χ1v) is 6.84. The van der Waals surface area contributed by atoms with E-state index in [0.717, 1.165) is 37.3 Å². The molecule has 18 heavy (non-hydrogen) atoms. The number of hydrogen-bond acceptors (Lipinski definition) is 2. The van der Waals surface area contributed by atoms with Gasteiger partial charge in [0, 0.05) is 12.3 Å². The molecule has 3 heteroatoms. The quantitative estimate of drug-likeness (QED) is 0.897. The van der Waals surface area contributed by atoms with Gasteiger partial charge in [0.25, 0.3) is 0 Å². The molecule has 0 saturated carbocycles. The van der Waals surface area contributed by atoms with Crippen LogP contribution in [0.5, 0.6) is 0 Å².